The van der Waals surface area contributed by atoms with Crippen LogP contribution in [-0.2, 0) is 11.3 Å². The molecule has 0 spiro atoms. The normalized spacial score (nSPS) is 18.3. The molecular formula is C16H21ClF4N2O3. The average molecular weight is 401 g/mol. The van der Waals surface area contributed by atoms with Gasteiger partial charge in [-0.2, -0.15) is 8.78 Å². The molecule has 0 saturated carbocycles. The van der Waals surface area contributed by atoms with Crippen molar-refractivity contribution in [3.63, 3.8) is 0 Å². The van der Waals surface area contributed by atoms with Gasteiger partial charge >= 0.3 is 6.61 Å². The fourth-order valence-corrected chi connectivity index (χ4v) is 2.62. The number of carbonyl (C=O) groups is 1. The largest absolute Gasteiger partial charge is 0.490 e. The summed E-state index contributed by atoms with van der Waals surface area (Å²) in [4.78, 5) is 13.5. The lowest BCUT2D eigenvalue weighted by atomic mass is 10.1. The molecule has 1 aromatic carbocycles. The highest BCUT2D eigenvalue weighted by molar-refractivity contribution is 5.85. The maximum Gasteiger partial charge on any atom is 0.387 e. The zero-order valence-corrected chi connectivity index (χ0v) is 15.1. The molecule has 1 saturated heterocycles. The highest BCUT2D eigenvalue weighted by Crippen LogP contribution is 2.31. The predicted octanol–water partition coefficient (Wildman–Crippen LogP) is 3.06. The Labute approximate surface area is 155 Å². The summed E-state index contributed by atoms with van der Waals surface area (Å²) in [7, 11) is 1.49. The van der Waals surface area contributed by atoms with Gasteiger partial charge in [0.05, 0.1) is 19.2 Å². The summed E-state index contributed by atoms with van der Waals surface area (Å²) in [5.74, 6) is -3.32. The van der Waals surface area contributed by atoms with E-state index in [1.165, 1.54) is 30.1 Å². The van der Waals surface area contributed by atoms with Crippen LogP contribution in [-0.4, -0.2) is 49.6 Å². The fraction of sp³-hybridized carbons (Fsp3) is 0.562. The van der Waals surface area contributed by atoms with Gasteiger partial charge in [-0.25, -0.2) is 8.78 Å². The summed E-state index contributed by atoms with van der Waals surface area (Å²) in [6, 6.07) is 3.39. The van der Waals surface area contributed by atoms with Crippen LogP contribution in [0.15, 0.2) is 18.2 Å². The number of hydrogen-bond acceptors (Lipinski definition) is 4. The van der Waals surface area contributed by atoms with Gasteiger partial charge in [0.1, 0.15) is 0 Å². The number of benzene rings is 1. The van der Waals surface area contributed by atoms with Crippen molar-refractivity contribution in [3.8, 4) is 11.5 Å². The van der Waals surface area contributed by atoms with Crippen molar-refractivity contribution in [2.24, 2.45) is 0 Å². The second-order valence-corrected chi connectivity index (χ2v) is 5.78. The van der Waals surface area contributed by atoms with Gasteiger partial charge in [0.15, 0.2) is 11.5 Å². The third-order valence-electron chi connectivity index (χ3n) is 3.73. The molecule has 0 radical (unpaired) electrons. The Bertz CT molecular complexity index is 619. The predicted molar refractivity (Wildman–Crippen MR) is 89.3 cm³/mol. The van der Waals surface area contributed by atoms with Crippen molar-refractivity contribution in [2.75, 3.05) is 20.2 Å². The second kappa shape index (κ2) is 9.27. The highest BCUT2D eigenvalue weighted by Gasteiger charge is 2.43. The second-order valence-electron chi connectivity index (χ2n) is 5.78. The molecule has 0 bridgehead atoms. The first-order valence-electron chi connectivity index (χ1n) is 7.78. The van der Waals surface area contributed by atoms with Crippen LogP contribution in [0.25, 0.3) is 0 Å². The average Bonchev–Trinajstić information content (AvgIpc) is 2.89. The number of hydrogen-bond donors (Lipinski definition) is 1. The van der Waals surface area contributed by atoms with Gasteiger partial charge in [-0.1, -0.05) is 6.07 Å². The maximum atomic E-state index is 13.2. The van der Waals surface area contributed by atoms with Crippen LogP contribution < -0.4 is 14.8 Å². The van der Waals surface area contributed by atoms with Crippen LogP contribution >= 0.6 is 12.4 Å². The van der Waals surface area contributed by atoms with Crippen molar-refractivity contribution in [1.29, 1.82) is 0 Å². The summed E-state index contributed by atoms with van der Waals surface area (Å²) in [6.45, 7) is -1.44. The van der Waals surface area contributed by atoms with Crippen molar-refractivity contribution >= 4 is 18.3 Å². The number of rotatable bonds is 7. The van der Waals surface area contributed by atoms with E-state index < -0.39 is 37.4 Å². The van der Waals surface area contributed by atoms with Gasteiger partial charge in [-0.15, -0.1) is 12.4 Å². The van der Waals surface area contributed by atoms with E-state index in [0.717, 1.165) is 0 Å². The molecule has 1 unspecified atom stereocenters. The molecule has 1 aliphatic heterocycles. The molecule has 1 heterocycles. The number of nitrogens with zero attached hydrogens (tertiary/aromatic N) is 1. The molecular weight excluding hydrogens is 380 g/mol. The van der Waals surface area contributed by atoms with E-state index in [1.807, 2.05) is 0 Å². The minimum Gasteiger partial charge on any atom is -0.490 e. The topological polar surface area (TPSA) is 50.8 Å². The van der Waals surface area contributed by atoms with E-state index in [2.05, 4.69) is 10.1 Å². The van der Waals surface area contributed by atoms with Crippen molar-refractivity contribution in [1.82, 2.24) is 10.2 Å². The summed E-state index contributed by atoms with van der Waals surface area (Å²) < 4.78 is 60.9. The van der Waals surface area contributed by atoms with Gasteiger partial charge in [-0.3, -0.25) is 10.1 Å². The summed E-state index contributed by atoms with van der Waals surface area (Å²) in [6.07, 6.45) is -0.540. The number of amides is 1. The molecule has 0 aliphatic carbocycles. The van der Waals surface area contributed by atoms with Crippen LogP contribution in [0, 0.1) is 0 Å². The molecule has 148 valence electrons. The van der Waals surface area contributed by atoms with Crippen LogP contribution in [0.5, 0.6) is 11.5 Å². The first-order valence-corrected chi connectivity index (χ1v) is 7.78. The molecule has 1 aromatic rings. The lowest BCUT2D eigenvalue weighted by Gasteiger charge is -2.22. The third kappa shape index (κ3) is 5.91. The molecule has 1 aliphatic rings. The Hall–Kier alpha value is -1.74. The van der Waals surface area contributed by atoms with E-state index in [4.69, 9.17) is 4.74 Å². The molecule has 1 amide bonds. The van der Waals surface area contributed by atoms with Crippen LogP contribution in [0.1, 0.15) is 18.9 Å². The Morgan fingerprint density at radius 3 is 2.62 bits per heavy atom. The molecule has 1 N–H and O–H groups in total. The molecule has 10 heteroatoms. The monoisotopic (exact) mass is 400 g/mol. The van der Waals surface area contributed by atoms with E-state index in [0.29, 0.717) is 5.56 Å². The fourth-order valence-electron chi connectivity index (χ4n) is 2.62. The summed E-state index contributed by atoms with van der Waals surface area (Å²) in [5.41, 5.74) is 0.602. The molecule has 0 aromatic heterocycles. The van der Waals surface area contributed by atoms with E-state index in [1.54, 1.807) is 6.92 Å². The Morgan fingerprint density at radius 2 is 2.08 bits per heavy atom. The Balaban J connectivity index is 0.00000338. The smallest absolute Gasteiger partial charge is 0.387 e. The van der Waals surface area contributed by atoms with Gasteiger partial charge in [0.2, 0.25) is 5.91 Å². The van der Waals surface area contributed by atoms with E-state index >= 15 is 0 Å². The number of ether oxygens (including phenoxy) is 2. The maximum absolute atomic E-state index is 13.2. The zero-order chi connectivity index (χ0) is 18.6. The van der Waals surface area contributed by atoms with E-state index in [9.17, 15) is 22.4 Å². The quantitative estimate of drug-likeness (QED) is 0.715. The minimum atomic E-state index is -2.98. The molecule has 5 nitrogen and oxygen atoms in total. The van der Waals surface area contributed by atoms with Crippen molar-refractivity contribution in [2.45, 2.75) is 38.5 Å². The summed E-state index contributed by atoms with van der Waals surface area (Å²) >= 11 is 0. The Morgan fingerprint density at radius 1 is 1.38 bits per heavy atom. The van der Waals surface area contributed by atoms with Gasteiger partial charge in [0, 0.05) is 20.0 Å². The number of halogens is 5. The molecule has 1 atom stereocenters. The number of alkyl halides is 4. The Kier molecular flexibility index (Phi) is 7.95. The van der Waals surface area contributed by atoms with Crippen LogP contribution in [0.3, 0.4) is 0 Å². The summed E-state index contributed by atoms with van der Waals surface area (Å²) in [5, 5.41) is 2.51. The minimum absolute atomic E-state index is 0. The first-order chi connectivity index (χ1) is 11.7. The van der Waals surface area contributed by atoms with Gasteiger partial charge in [0.25, 0.3) is 5.92 Å². The van der Waals surface area contributed by atoms with E-state index in [-0.39, 0.29) is 37.1 Å². The zero-order valence-electron chi connectivity index (χ0n) is 14.3. The lowest BCUT2D eigenvalue weighted by Crippen LogP contribution is -2.41. The highest BCUT2D eigenvalue weighted by atomic mass is 35.5. The van der Waals surface area contributed by atoms with Crippen molar-refractivity contribution < 1.29 is 31.8 Å². The molecule has 2 rings (SSSR count). The standard InChI is InChI=1S/C16H20F4N2O3.ClH/c1-3-24-13-6-10(4-5-12(13)25-15(17)18)8-22(2)14(23)11-7-16(19,20)9-21-11;/h4-6,11,15,21H,3,7-9H2,1-2H3;1H. The first kappa shape index (κ1) is 22.3. The van der Waals surface area contributed by atoms with Gasteiger partial charge < -0.3 is 14.4 Å². The lowest BCUT2D eigenvalue weighted by molar-refractivity contribution is -0.132. The number of nitrogens with one attached hydrogen (secondary N) is 1. The molecule has 1 fully saturated rings. The third-order valence-corrected chi connectivity index (χ3v) is 3.73. The van der Waals surface area contributed by atoms with Crippen LogP contribution in [0.4, 0.5) is 17.6 Å². The molecule has 26 heavy (non-hydrogen) atoms. The SMILES string of the molecule is CCOc1cc(CN(C)C(=O)C2CC(F)(F)CN2)ccc1OC(F)F.Cl. The van der Waals surface area contributed by atoms with Crippen LogP contribution in [0.2, 0.25) is 0 Å². The number of carbonyl (C=O) groups excluding carboxylic acids is 1. The van der Waals surface area contributed by atoms with Crippen molar-refractivity contribution in [3.05, 3.63) is 23.8 Å². The number of likely N-dealkylation sites (N-methyl/N-ethyl adjacent to an activating group) is 1. The van der Waals surface area contributed by atoms with Gasteiger partial charge in [-0.05, 0) is 24.6 Å².